The van der Waals surface area contributed by atoms with E-state index in [0.717, 1.165) is 11.8 Å². The Kier molecular flexibility index (Phi) is 6.42. The van der Waals surface area contributed by atoms with Gasteiger partial charge in [-0.05, 0) is 26.2 Å². The summed E-state index contributed by atoms with van der Waals surface area (Å²) in [5.41, 5.74) is -4.05. The smallest absolute Gasteiger partial charge is 0.330 e. The van der Waals surface area contributed by atoms with Gasteiger partial charge in [-0.25, -0.2) is 0 Å². The second kappa shape index (κ2) is 7.58. The van der Waals surface area contributed by atoms with Crippen LogP contribution in [-0.4, -0.2) is 40.8 Å². The molecule has 0 saturated heterocycles. The predicted molar refractivity (Wildman–Crippen MR) is 86.4 cm³/mol. The average molecular weight is 362 g/mol. The molecule has 0 aromatic heterocycles. The molecule has 8 heteroatoms. The van der Waals surface area contributed by atoms with Crippen molar-refractivity contribution in [2.45, 2.75) is 65.6 Å². The van der Waals surface area contributed by atoms with Crippen molar-refractivity contribution in [1.29, 1.82) is 0 Å². The van der Waals surface area contributed by atoms with Crippen LogP contribution in [0.25, 0.3) is 0 Å². The van der Waals surface area contributed by atoms with Crippen LogP contribution in [0.3, 0.4) is 0 Å². The normalized spacial score (nSPS) is 21.3. The number of hydrogen-bond donors (Lipinski definition) is 1. The van der Waals surface area contributed by atoms with E-state index in [1.165, 1.54) is 6.92 Å². The van der Waals surface area contributed by atoms with Crippen molar-refractivity contribution in [1.82, 2.24) is 10.2 Å². The van der Waals surface area contributed by atoms with Crippen molar-refractivity contribution in [2.75, 3.05) is 6.54 Å². The number of carbonyl (C=O) groups excluding carboxylic acids is 3. The molecule has 142 valence electrons. The molecular formula is C17H25F3N2O3. The Hall–Kier alpha value is -1.86. The number of carbonyl (C=O) groups is 3. The Labute approximate surface area is 145 Å². The molecule has 2 amide bonds. The highest BCUT2D eigenvalue weighted by Crippen LogP contribution is 2.45. The fourth-order valence-electron chi connectivity index (χ4n) is 3.05. The number of allylic oxidation sites excluding steroid dienone is 1. The first kappa shape index (κ1) is 21.2. The summed E-state index contributed by atoms with van der Waals surface area (Å²) in [5, 5.41) is 1.85. The molecule has 5 nitrogen and oxygen atoms in total. The number of nitrogens with zero attached hydrogens (tertiary/aromatic N) is 1. The maximum absolute atomic E-state index is 14.0. The second-order valence-corrected chi connectivity index (χ2v) is 6.72. The molecule has 1 heterocycles. The van der Waals surface area contributed by atoms with E-state index in [1.807, 2.05) is 12.2 Å². The van der Waals surface area contributed by atoms with Crippen LogP contribution in [-0.2, 0) is 14.4 Å². The van der Waals surface area contributed by atoms with Crippen molar-refractivity contribution < 1.29 is 27.6 Å². The number of nitrogens with one attached hydrogen (secondary N) is 1. The highest BCUT2D eigenvalue weighted by Gasteiger charge is 2.69. The van der Waals surface area contributed by atoms with Gasteiger partial charge in [-0.15, -0.1) is 0 Å². The van der Waals surface area contributed by atoms with Crippen LogP contribution >= 0.6 is 0 Å². The van der Waals surface area contributed by atoms with Crippen LogP contribution in [0, 0.1) is 5.92 Å². The lowest BCUT2D eigenvalue weighted by atomic mass is 9.86. The van der Waals surface area contributed by atoms with E-state index in [9.17, 15) is 27.6 Å². The Morgan fingerprint density at radius 1 is 1.28 bits per heavy atom. The molecule has 0 radical (unpaired) electrons. The van der Waals surface area contributed by atoms with Gasteiger partial charge in [-0.2, -0.15) is 13.2 Å². The van der Waals surface area contributed by atoms with Crippen molar-refractivity contribution in [3.63, 3.8) is 0 Å². The zero-order chi connectivity index (χ0) is 19.6. The number of halogens is 3. The van der Waals surface area contributed by atoms with Crippen LogP contribution in [0.15, 0.2) is 11.3 Å². The van der Waals surface area contributed by atoms with Gasteiger partial charge in [0.15, 0.2) is 5.78 Å². The van der Waals surface area contributed by atoms with Crippen molar-refractivity contribution in [3.05, 3.63) is 11.3 Å². The summed E-state index contributed by atoms with van der Waals surface area (Å²) in [6, 6.07) is 0. The maximum Gasteiger partial charge on any atom is 0.425 e. The van der Waals surface area contributed by atoms with Crippen molar-refractivity contribution >= 4 is 17.6 Å². The molecule has 1 atom stereocenters. The molecule has 1 aliphatic heterocycles. The summed E-state index contributed by atoms with van der Waals surface area (Å²) in [6.07, 6.45) is -4.14. The molecule has 0 spiro atoms. The largest absolute Gasteiger partial charge is 0.425 e. The minimum absolute atomic E-state index is 0.0480. The molecule has 0 aromatic carbocycles. The summed E-state index contributed by atoms with van der Waals surface area (Å²) < 4.78 is 42.0. The fourth-order valence-corrected chi connectivity index (χ4v) is 3.05. The average Bonchev–Trinajstić information content (AvgIpc) is 2.64. The Balaban J connectivity index is 3.49. The third-order valence-electron chi connectivity index (χ3n) is 4.14. The van der Waals surface area contributed by atoms with Crippen LogP contribution in [0.4, 0.5) is 13.2 Å². The number of amides is 2. The molecule has 0 aromatic rings. The SMILES string of the molecule is CCCCN1C(=O)[C@](NC(=O)CC(C)C)(C(F)(F)F)C(C(C)=O)=C1C. The Morgan fingerprint density at radius 3 is 2.24 bits per heavy atom. The summed E-state index contributed by atoms with van der Waals surface area (Å²) in [7, 11) is 0. The summed E-state index contributed by atoms with van der Waals surface area (Å²) in [4.78, 5) is 37.8. The molecule has 0 saturated carbocycles. The third kappa shape index (κ3) is 3.88. The molecule has 0 bridgehead atoms. The van der Waals surface area contributed by atoms with Crippen LogP contribution in [0.2, 0.25) is 0 Å². The molecule has 1 rings (SSSR count). The first-order valence-electron chi connectivity index (χ1n) is 8.32. The van der Waals surface area contributed by atoms with Gasteiger partial charge < -0.3 is 10.2 Å². The standard InChI is InChI=1S/C17H25F3N2O3/c1-6-7-8-22-11(4)14(12(5)23)16(15(22)25,17(18,19)20)21-13(24)9-10(2)3/h10H,6-9H2,1-5H3,(H,21,24)/t16-/m0/s1. The lowest BCUT2D eigenvalue weighted by Gasteiger charge is -2.33. The van der Waals surface area contributed by atoms with Crippen molar-refractivity contribution in [2.24, 2.45) is 5.92 Å². The molecular weight excluding hydrogens is 337 g/mol. The summed E-state index contributed by atoms with van der Waals surface area (Å²) in [5.74, 6) is -3.30. The minimum atomic E-state index is -5.13. The number of Topliss-reactive ketones (excluding diaryl/α,β-unsaturated/α-hetero) is 1. The van der Waals surface area contributed by atoms with E-state index in [-0.39, 0.29) is 24.6 Å². The van der Waals surface area contributed by atoms with E-state index in [4.69, 9.17) is 0 Å². The van der Waals surface area contributed by atoms with Gasteiger partial charge in [0.25, 0.3) is 5.91 Å². The van der Waals surface area contributed by atoms with E-state index in [1.54, 1.807) is 13.8 Å². The predicted octanol–water partition coefficient (Wildman–Crippen LogP) is 2.96. The summed E-state index contributed by atoms with van der Waals surface area (Å²) in [6.45, 7) is 7.55. The first-order valence-corrected chi connectivity index (χ1v) is 8.32. The Bertz CT molecular complexity index is 596. The molecule has 0 aliphatic carbocycles. The van der Waals surface area contributed by atoms with Crippen LogP contribution in [0.1, 0.15) is 53.9 Å². The van der Waals surface area contributed by atoms with Crippen molar-refractivity contribution in [3.8, 4) is 0 Å². The molecule has 1 N–H and O–H groups in total. The quantitative estimate of drug-likeness (QED) is 0.757. The highest BCUT2D eigenvalue weighted by molar-refractivity contribution is 6.11. The molecule has 0 unspecified atom stereocenters. The van der Waals surface area contributed by atoms with Gasteiger partial charge in [0.05, 0.1) is 5.57 Å². The van der Waals surface area contributed by atoms with E-state index in [2.05, 4.69) is 0 Å². The molecule has 1 aliphatic rings. The van der Waals surface area contributed by atoms with Gasteiger partial charge >= 0.3 is 6.18 Å². The zero-order valence-corrected chi connectivity index (χ0v) is 15.2. The Morgan fingerprint density at radius 2 is 1.84 bits per heavy atom. The number of ketones is 1. The van der Waals surface area contributed by atoms with E-state index in [0.29, 0.717) is 12.8 Å². The topological polar surface area (TPSA) is 66.5 Å². The monoisotopic (exact) mass is 362 g/mol. The van der Waals surface area contributed by atoms with E-state index >= 15 is 0 Å². The first-order chi connectivity index (χ1) is 11.4. The van der Waals surface area contributed by atoms with Gasteiger partial charge in [-0.3, -0.25) is 14.4 Å². The summed E-state index contributed by atoms with van der Waals surface area (Å²) >= 11 is 0. The van der Waals surface area contributed by atoms with Gasteiger partial charge in [0.1, 0.15) is 0 Å². The highest BCUT2D eigenvalue weighted by atomic mass is 19.4. The third-order valence-corrected chi connectivity index (χ3v) is 4.14. The van der Waals surface area contributed by atoms with Gasteiger partial charge in [0, 0.05) is 18.7 Å². The van der Waals surface area contributed by atoms with Gasteiger partial charge in [-0.1, -0.05) is 27.2 Å². The second-order valence-electron chi connectivity index (χ2n) is 6.72. The fraction of sp³-hybridized carbons (Fsp3) is 0.706. The maximum atomic E-state index is 14.0. The lowest BCUT2D eigenvalue weighted by Crippen LogP contribution is -2.66. The molecule has 0 fully saturated rings. The number of rotatable bonds is 7. The van der Waals surface area contributed by atoms with Crippen LogP contribution < -0.4 is 5.32 Å². The van der Waals surface area contributed by atoms with E-state index < -0.39 is 34.9 Å². The molecule has 25 heavy (non-hydrogen) atoms. The lowest BCUT2D eigenvalue weighted by molar-refractivity contribution is -0.194. The van der Waals surface area contributed by atoms with Gasteiger partial charge in [0.2, 0.25) is 11.4 Å². The minimum Gasteiger partial charge on any atom is -0.330 e. The number of hydrogen-bond acceptors (Lipinski definition) is 3. The number of alkyl halides is 3. The van der Waals surface area contributed by atoms with Crippen LogP contribution in [0.5, 0.6) is 0 Å². The number of unbranched alkanes of at least 4 members (excludes halogenated alkanes) is 1. The zero-order valence-electron chi connectivity index (χ0n) is 15.2.